The van der Waals surface area contributed by atoms with Crippen molar-refractivity contribution in [1.82, 2.24) is 0 Å². The first-order chi connectivity index (χ1) is 7.52. The molecular weight excluding hydrogens is 207 g/mol. The summed E-state index contributed by atoms with van der Waals surface area (Å²) in [4.78, 5) is 0. The summed E-state index contributed by atoms with van der Waals surface area (Å²) in [5.41, 5.74) is 1.01. The minimum atomic E-state index is -0.0351. The van der Waals surface area contributed by atoms with Gasteiger partial charge < -0.3 is 9.84 Å². The molecule has 0 aromatic rings. The second kappa shape index (κ2) is 8.11. The minimum absolute atomic E-state index is 0. The maximum Gasteiger partial charge on any atom is 1.00 e. The van der Waals surface area contributed by atoms with Crippen LogP contribution in [-0.2, 0) is 4.74 Å². The molecule has 2 nitrogen and oxygen atoms in total. The summed E-state index contributed by atoms with van der Waals surface area (Å²) in [6.07, 6.45) is 5.51. The maximum atomic E-state index is 12.0. The molecule has 1 fully saturated rings. The molecule has 17 heavy (non-hydrogen) atoms. The minimum Gasteiger partial charge on any atom is -0.609 e. The average molecular weight is 232 g/mol. The van der Waals surface area contributed by atoms with Crippen LogP contribution in [0.2, 0.25) is 0 Å². The Morgan fingerprint density at radius 2 is 1.47 bits per heavy atom. The van der Waals surface area contributed by atoms with Gasteiger partial charge >= 0.3 is 18.9 Å². The second-order valence-corrected chi connectivity index (χ2v) is 5.52. The van der Waals surface area contributed by atoms with E-state index >= 15 is 0 Å². The summed E-state index contributed by atoms with van der Waals surface area (Å²) in [7, 11) is 0. The van der Waals surface area contributed by atoms with Gasteiger partial charge in [0.1, 0.15) is 0 Å². The van der Waals surface area contributed by atoms with Crippen LogP contribution in [0.1, 0.15) is 59.8 Å². The molecule has 1 aliphatic rings. The van der Waals surface area contributed by atoms with E-state index in [-0.39, 0.29) is 30.9 Å². The first-order valence-corrected chi connectivity index (χ1v) is 6.58. The molecule has 0 radical (unpaired) electrons. The smallest absolute Gasteiger partial charge is 0.609 e. The van der Waals surface area contributed by atoms with Crippen LogP contribution in [0.5, 0.6) is 0 Å². The van der Waals surface area contributed by atoms with E-state index in [1.165, 1.54) is 6.42 Å². The van der Waals surface area contributed by atoms with Crippen LogP contribution < -0.4 is 24.0 Å². The molecule has 94 valence electrons. The van der Waals surface area contributed by atoms with Gasteiger partial charge in [0.25, 0.3) is 0 Å². The van der Waals surface area contributed by atoms with Gasteiger partial charge in [-0.15, -0.1) is 0 Å². The molecule has 0 bridgehead atoms. The fourth-order valence-electron chi connectivity index (χ4n) is 2.43. The molecule has 0 amide bonds. The van der Waals surface area contributed by atoms with Gasteiger partial charge in [-0.1, -0.05) is 34.1 Å². The predicted molar refractivity (Wildman–Crippen MR) is 64.7 cm³/mol. The molecular formula is C14H25LiO2. The average Bonchev–Trinajstić information content (AvgIpc) is 2.25. The third-order valence-corrected chi connectivity index (χ3v) is 3.30. The van der Waals surface area contributed by atoms with Gasteiger partial charge in [-0.2, -0.15) is 0 Å². The van der Waals surface area contributed by atoms with E-state index in [4.69, 9.17) is 4.74 Å². The topological polar surface area (TPSA) is 32.3 Å². The van der Waals surface area contributed by atoms with Gasteiger partial charge in [0.15, 0.2) is 0 Å². The molecule has 1 saturated carbocycles. The van der Waals surface area contributed by atoms with Gasteiger partial charge in [-0.3, -0.25) is 0 Å². The normalized spacial score (nSPS) is 16.3. The zero-order valence-corrected chi connectivity index (χ0v) is 12.1. The Labute approximate surface area is 118 Å². The second-order valence-electron chi connectivity index (χ2n) is 5.52. The Morgan fingerprint density at radius 1 is 1.00 bits per heavy atom. The first kappa shape index (κ1) is 16.9. The SMILES string of the molecule is CC(C)C(OC([O-])=C1CCCCC1)C(C)C.[Li+]. The van der Waals surface area contributed by atoms with Crippen LogP contribution in [0.25, 0.3) is 0 Å². The largest absolute Gasteiger partial charge is 1.00 e. The van der Waals surface area contributed by atoms with Crippen molar-refractivity contribution in [1.29, 1.82) is 0 Å². The molecule has 0 aromatic heterocycles. The van der Waals surface area contributed by atoms with Crippen molar-refractivity contribution < 1.29 is 28.7 Å². The van der Waals surface area contributed by atoms with Crippen LogP contribution in [0, 0.1) is 11.8 Å². The molecule has 0 unspecified atom stereocenters. The monoisotopic (exact) mass is 232 g/mol. The van der Waals surface area contributed by atoms with Gasteiger partial charge in [-0.25, -0.2) is 0 Å². The van der Waals surface area contributed by atoms with E-state index in [2.05, 4.69) is 27.7 Å². The number of ether oxygens (including phenoxy) is 1. The Hall–Kier alpha value is -0.0626. The molecule has 0 aromatic carbocycles. The van der Waals surface area contributed by atoms with Crippen molar-refractivity contribution in [2.75, 3.05) is 0 Å². The zero-order valence-electron chi connectivity index (χ0n) is 12.1. The Morgan fingerprint density at radius 3 is 1.88 bits per heavy atom. The Balaban J connectivity index is 0.00000256. The maximum absolute atomic E-state index is 12.0. The fraction of sp³-hybridized carbons (Fsp3) is 0.857. The summed E-state index contributed by atoms with van der Waals surface area (Å²) >= 11 is 0. The van der Waals surface area contributed by atoms with Crippen molar-refractivity contribution in [2.24, 2.45) is 11.8 Å². The molecule has 0 heterocycles. The predicted octanol–water partition coefficient (Wildman–Crippen LogP) is 0.224. The van der Waals surface area contributed by atoms with Gasteiger partial charge in [-0.05, 0) is 43.1 Å². The van der Waals surface area contributed by atoms with Gasteiger partial charge in [0, 0.05) is 6.10 Å². The van der Waals surface area contributed by atoms with Crippen LogP contribution in [0.15, 0.2) is 11.5 Å². The molecule has 0 N–H and O–H groups in total. The fourth-order valence-corrected chi connectivity index (χ4v) is 2.43. The molecule has 3 heteroatoms. The van der Waals surface area contributed by atoms with E-state index in [0.717, 1.165) is 31.3 Å². The van der Waals surface area contributed by atoms with E-state index in [0.29, 0.717) is 11.8 Å². The molecule has 1 rings (SSSR count). The number of hydrogen-bond acceptors (Lipinski definition) is 2. The van der Waals surface area contributed by atoms with E-state index in [1.54, 1.807) is 0 Å². The van der Waals surface area contributed by atoms with Crippen LogP contribution in [0.3, 0.4) is 0 Å². The molecule has 0 spiro atoms. The van der Waals surface area contributed by atoms with Crippen LogP contribution >= 0.6 is 0 Å². The number of allylic oxidation sites excluding steroid dienone is 1. The third-order valence-electron chi connectivity index (χ3n) is 3.30. The molecule has 1 aliphatic carbocycles. The summed E-state index contributed by atoms with van der Waals surface area (Å²) in [5, 5.41) is 12.0. The van der Waals surface area contributed by atoms with Crippen molar-refractivity contribution in [3.8, 4) is 0 Å². The van der Waals surface area contributed by atoms with Crippen molar-refractivity contribution >= 4 is 0 Å². The molecule has 0 aliphatic heterocycles. The summed E-state index contributed by atoms with van der Waals surface area (Å²) in [6.45, 7) is 8.46. The van der Waals surface area contributed by atoms with E-state index < -0.39 is 0 Å². The standard InChI is InChI=1S/C14H26O2.Li/c1-10(2)13(11(3)4)16-14(15)12-8-6-5-7-9-12;/h10-11,13,15H,5-9H2,1-4H3;/q;+1/p-1. The van der Waals surface area contributed by atoms with Crippen molar-refractivity contribution in [2.45, 2.75) is 65.9 Å². The summed E-state index contributed by atoms with van der Waals surface area (Å²) < 4.78 is 5.64. The van der Waals surface area contributed by atoms with Crippen molar-refractivity contribution in [3.63, 3.8) is 0 Å². The third kappa shape index (κ3) is 5.40. The zero-order chi connectivity index (χ0) is 12.1. The summed E-state index contributed by atoms with van der Waals surface area (Å²) in [6, 6.07) is 0. The van der Waals surface area contributed by atoms with Crippen LogP contribution in [-0.4, -0.2) is 6.10 Å². The first-order valence-electron chi connectivity index (χ1n) is 6.58. The summed E-state index contributed by atoms with van der Waals surface area (Å²) in [5.74, 6) is 0.758. The van der Waals surface area contributed by atoms with Crippen LogP contribution in [0.4, 0.5) is 0 Å². The molecule has 0 saturated heterocycles. The van der Waals surface area contributed by atoms with Crippen molar-refractivity contribution in [3.05, 3.63) is 11.5 Å². The number of rotatable bonds is 4. The Kier molecular flexibility index (Phi) is 8.08. The van der Waals surface area contributed by atoms with Gasteiger partial charge in [0.2, 0.25) is 0 Å². The number of hydrogen-bond donors (Lipinski definition) is 0. The van der Waals surface area contributed by atoms with Gasteiger partial charge in [0.05, 0.1) is 5.95 Å². The van der Waals surface area contributed by atoms with E-state index in [1.807, 2.05) is 0 Å². The Bertz CT molecular complexity index is 231. The molecule has 0 atom stereocenters. The quantitative estimate of drug-likeness (QED) is 0.513. The van der Waals surface area contributed by atoms with E-state index in [9.17, 15) is 5.11 Å².